The number of nitrogens with zero attached hydrogens (tertiary/aromatic N) is 2. The average molecular weight is 364 g/mol. The van der Waals surface area contributed by atoms with E-state index < -0.39 is 4.92 Å². The van der Waals surface area contributed by atoms with Gasteiger partial charge in [-0.1, -0.05) is 18.2 Å². The maximum absolute atomic E-state index is 11.1. The molecule has 1 aliphatic heterocycles. The van der Waals surface area contributed by atoms with Crippen LogP contribution in [-0.4, -0.2) is 23.8 Å². The average Bonchev–Trinajstić information content (AvgIpc) is 3.15. The van der Waals surface area contributed by atoms with Crippen LogP contribution in [0.15, 0.2) is 54.7 Å². The summed E-state index contributed by atoms with van der Waals surface area (Å²) in [7, 11) is 1.57. The molecule has 3 aromatic rings. The van der Waals surface area contributed by atoms with E-state index in [-0.39, 0.29) is 12.5 Å². The Kier molecular flexibility index (Phi) is 4.33. The Bertz CT molecular complexity index is 1020. The minimum atomic E-state index is -0.424. The molecule has 27 heavy (non-hydrogen) atoms. The minimum Gasteiger partial charge on any atom is -0.494 e. The zero-order chi connectivity index (χ0) is 18.8. The van der Waals surface area contributed by atoms with Crippen molar-refractivity contribution in [3.05, 3.63) is 76.0 Å². The highest BCUT2D eigenvalue weighted by molar-refractivity contribution is 5.70. The maximum Gasteiger partial charge on any atom is 0.270 e. The summed E-state index contributed by atoms with van der Waals surface area (Å²) in [5.74, 6) is 2.05. The molecule has 4 rings (SSSR count). The SMILES string of the molecule is COc1c(Cc2ccc3c(c2)OCO3)ccnc1-c1cccc([N+](=O)[O-])c1. The third kappa shape index (κ3) is 3.27. The second kappa shape index (κ2) is 6.95. The van der Waals surface area contributed by atoms with Crippen LogP contribution in [-0.2, 0) is 6.42 Å². The van der Waals surface area contributed by atoms with Gasteiger partial charge in [0.25, 0.3) is 5.69 Å². The summed E-state index contributed by atoms with van der Waals surface area (Å²) in [6.45, 7) is 0.230. The standard InChI is InChI=1S/C20H16N2O5/c1-25-20-15(9-13-5-6-17-18(10-13)27-12-26-17)7-8-21-19(20)14-3-2-4-16(11-14)22(23)24/h2-8,10-11H,9,12H2,1H3. The highest BCUT2D eigenvalue weighted by Gasteiger charge is 2.17. The third-order valence-corrected chi connectivity index (χ3v) is 4.35. The van der Waals surface area contributed by atoms with Crippen molar-refractivity contribution in [1.29, 1.82) is 0 Å². The number of fused-ring (bicyclic) bond motifs is 1. The van der Waals surface area contributed by atoms with E-state index in [9.17, 15) is 10.1 Å². The minimum absolute atomic E-state index is 0.0116. The van der Waals surface area contributed by atoms with Gasteiger partial charge in [-0.3, -0.25) is 15.1 Å². The highest BCUT2D eigenvalue weighted by atomic mass is 16.7. The van der Waals surface area contributed by atoms with Crippen molar-refractivity contribution in [1.82, 2.24) is 4.98 Å². The van der Waals surface area contributed by atoms with Gasteiger partial charge < -0.3 is 14.2 Å². The van der Waals surface area contributed by atoms with Gasteiger partial charge in [-0.15, -0.1) is 0 Å². The second-order valence-corrected chi connectivity index (χ2v) is 6.02. The van der Waals surface area contributed by atoms with Gasteiger partial charge in [0.15, 0.2) is 11.5 Å². The summed E-state index contributed by atoms with van der Waals surface area (Å²) in [4.78, 5) is 15.0. The molecular formula is C20H16N2O5. The topological polar surface area (TPSA) is 83.7 Å². The summed E-state index contributed by atoms with van der Waals surface area (Å²) < 4.78 is 16.4. The molecular weight excluding hydrogens is 348 g/mol. The molecule has 0 radical (unpaired) electrons. The molecule has 136 valence electrons. The fourth-order valence-electron chi connectivity index (χ4n) is 3.10. The summed E-state index contributed by atoms with van der Waals surface area (Å²) in [6.07, 6.45) is 2.28. The second-order valence-electron chi connectivity index (χ2n) is 6.02. The lowest BCUT2D eigenvalue weighted by atomic mass is 10.0. The predicted octanol–water partition coefficient (Wildman–Crippen LogP) is 3.98. The van der Waals surface area contributed by atoms with Crippen molar-refractivity contribution in [2.45, 2.75) is 6.42 Å². The lowest BCUT2D eigenvalue weighted by Gasteiger charge is -2.13. The van der Waals surface area contributed by atoms with Crippen LogP contribution in [0.2, 0.25) is 0 Å². The summed E-state index contributed by atoms with van der Waals surface area (Å²) in [5, 5.41) is 11.1. The number of ether oxygens (including phenoxy) is 3. The number of nitro benzene ring substituents is 1. The van der Waals surface area contributed by atoms with Crippen molar-refractivity contribution in [3.63, 3.8) is 0 Å². The van der Waals surface area contributed by atoms with E-state index in [2.05, 4.69) is 4.98 Å². The van der Waals surface area contributed by atoms with Crippen molar-refractivity contribution >= 4 is 5.69 Å². The molecule has 0 saturated carbocycles. The first-order valence-electron chi connectivity index (χ1n) is 8.31. The normalized spacial score (nSPS) is 12.0. The first-order chi connectivity index (χ1) is 13.2. The van der Waals surface area contributed by atoms with Crippen LogP contribution in [0.1, 0.15) is 11.1 Å². The molecule has 2 heterocycles. The van der Waals surface area contributed by atoms with Crippen molar-refractivity contribution in [2.24, 2.45) is 0 Å². The van der Waals surface area contributed by atoms with Crippen LogP contribution in [0.5, 0.6) is 17.2 Å². The smallest absolute Gasteiger partial charge is 0.270 e. The van der Waals surface area contributed by atoms with Gasteiger partial charge in [-0.25, -0.2) is 0 Å². The third-order valence-electron chi connectivity index (χ3n) is 4.35. The Hall–Kier alpha value is -3.61. The van der Waals surface area contributed by atoms with Crippen LogP contribution in [0.25, 0.3) is 11.3 Å². The number of nitro groups is 1. The molecule has 0 spiro atoms. The number of aromatic nitrogens is 1. The number of hydrogen-bond acceptors (Lipinski definition) is 6. The monoisotopic (exact) mass is 364 g/mol. The summed E-state index contributed by atoms with van der Waals surface area (Å²) >= 11 is 0. The van der Waals surface area contributed by atoms with E-state index in [4.69, 9.17) is 14.2 Å². The van der Waals surface area contributed by atoms with E-state index in [1.807, 2.05) is 24.3 Å². The molecule has 0 N–H and O–H groups in total. The number of pyridine rings is 1. The Balaban J connectivity index is 1.72. The molecule has 0 aliphatic carbocycles. The number of non-ortho nitro benzene ring substituents is 1. The van der Waals surface area contributed by atoms with Gasteiger partial charge in [0.1, 0.15) is 11.4 Å². The van der Waals surface area contributed by atoms with Gasteiger partial charge in [-0.05, 0) is 23.8 Å². The van der Waals surface area contributed by atoms with Crippen LogP contribution in [0, 0.1) is 10.1 Å². The molecule has 1 aliphatic rings. The Labute approximate surface area is 155 Å². The van der Waals surface area contributed by atoms with E-state index >= 15 is 0 Å². The molecule has 0 bridgehead atoms. The Morgan fingerprint density at radius 2 is 2.00 bits per heavy atom. The first-order valence-corrected chi connectivity index (χ1v) is 8.31. The van der Waals surface area contributed by atoms with E-state index in [1.165, 1.54) is 12.1 Å². The molecule has 0 fully saturated rings. The number of benzene rings is 2. The zero-order valence-corrected chi connectivity index (χ0v) is 14.5. The number of rotatable bonds is 5. The van der Waals surface area contributed by atoms with Crippen LogP contribution < -0.4 is 14.2 Å². The van der Waals surface area contributed by atoms with Crippen molar-refractivity contribution in [3.8, 4) is 28.5 Å². The maximum atomic E-state index is 11.1. The summed E-state index contributed by atoms with van der Waals surface area (Å²) in [6, 6.07) is 14.0. The van der Waals surface area contributed by atoms with Gasteiger partial charge in [-0.2, -0.15) is 0 Å². The molecule has 0 unspecified atom stereocenters. The fourth-order valence-corrected chi connectivity index (χ4v) is 3.10. The van der Waals surface area contributed by atoms with Crippen LogP contribution >= 0.6 is 0 Å². The molecule has 0 amide bonds. The number of hydrogen-bond donors (Lipinski definition) is 0. The molecule has 0 atom stereocenters. The lowest BCUT2D eigenvalue weighted by molar-refractivity contribution is -0.384. The largest absolute Gasteiger partial charge is 0.494 e. The van der Waals surface area contributed by atoms with Gasteiger partial charge in [0, 0.05) is 35.9 Å². The van der Waals surface area contributed by atoms with Crippen molar-refractivity contribution in [2.75, 3.05) is 13.9 Å². The number of methoxy groups -OCH3 is 1. The van der Waals surface area contributed by atoms with Crippen LogP contribution in [0.4, 0.5) is 5.69 Å². The fraction of sp³-hybridized carbons (Fsp3) is 0.150. The van der Waals surface area contributed by atoms with E-state index in [0.29, 0.717) is 23.4 Å². The quantitative estimate of drug-likeness (QED) is 0.503. The molecule has 2 aromatic carbocycles. The van der Waals surface area contributed by atoms with E-state index in [1.54, 1.807) is 25.4 Å². The van der Waals surface area contributed by atoms with Crippen molar-refractivity contribution < 1.29 is 19.1 Å². The predicted molar refractivity (Wildman–Crippen MR) is 98.3 cm³/mol. The van der Waals surface area contributed by atoms with E-state index in [0.717, 1.165) is 22.6 Å². The lowest BCUT2D eigenvalue weighted by Crippen LogP contribution is -1.99. The molecule has 1 aromatic heterocycles. The summed E-state index contributed by atoms with van der Waals surface area (Å²) in [5.41, 5.74) is 3.17. The Morgan fingerprint density at radius 3 is 2.81 bits per heavy atom. The van der Waals surface area contributed by atoms with Gasteiger partial charge in [0.2, 0.25) is 6.79 Å². The Morgan fingerprint density at radius 1 is 1.15 bits per heavy atom. The molecule has 0 saturated heterocycles. The highest BCUT2D eigenvalue weighted by Crippen LogP contribution is 2.36. The van der Waals surface area contributed by atoms with Crippen LogP contribution in [0.3, 0.4) is 0 Å². The molecule has 7 nitrogen and oxygen atoms in total. The first kappa shape index (κ1) is 16.8. The van der Waals surface area contributed by atoms with Gasteiger partial charge >= 0.3 is 0 Å². The van der Waals surface area contributed by atoms with Gasteiger partial charge in [0.05, 0.1) is 12.0 Å². The zero-order valence-electron chi connectivity index (χ0n) is 14.5. The molecule has 7 heteroatoms.